The van der Waals surface area contributed by atoms with Crippen molar-refractivity contribution < 1.29 is 14.6 Å². The Morgan fingerprint density at radius 2 is 1.96 bits per heavy atom. The molecule has 5 heteroatoms. The maximum absolute atomic E-state index is 9.93. The summed E-state index contributed by atoms with van der Waals surface area (Å²) in [4.78, 5) is 2.16. The monoisotopic (exact) mass is 361 g/mol. The number of halogens is 1. The molecule has 0 unspecified atom stereocenters. The summed E-state index contributed by atoms with van der Waals surface area (Å²) >= 11 is 0. The number of phenolic OH excluding ortho intramolecular Hbond substituents is 1. The summed E-state index contributed by atoms with van der Waals surface area (Å²) in [6, 6.07) is 13.3. The molecule has 0 aliphatic carbocycles. The fourth-order valence-corrected chi connectivity index (χ4v) is 3.12. The summed E-state index contributed by atoms with van der Waals surface area (Å²) in [5.41, 5.74) is 4.48. The van der Waals surface area contributed by atoms with Crippen LogP contribution in [0, 0.1) is 0 Å². The SMILES string of the molecule is COc1ccc2c(c1)OCCC(CN(C)C)=C2c1cccc(O)c1.Cl. The third-order valence-corrected chi connectivity index (χ3v) is 4.11. The average molecular weight is 362 g/mol. The molecule has 0 atom stereocenters. The first-order valence-electron chi connectivity index (χ1n) is 8.06. The smallest absolute Gasteiger partial charge is 0.130 e. The van der Waals surface area contributed by atoms with Crippen LogP contribution >= 0.6 is 12.4 Å². The van der Waals surface area contributed by atoms with Crippen molar-refractivity contribution in [3.63, 3.8) is 0 Å². The van der Waals surface area contributed by atoms with Crippen LogP contribution in [0.25, 0.3) is 5.57 Å². The molecule has 0 radical (unpaired) electrons. The van der Waals surface area contributed by atoms with Crippen molar-refractivity contribution in [2.75, 3.05) is 34.4 Å². The van der Waals surface area contributed by atoms with Crippen LogP contribution in [0.4, 0.5) is 0 Å². The van der Waals surface area contributed by atoms with Crippen molar-refractivity contribution in [1.29, 1.82) is 0 Å². The molecule has 134 valence electrons. The van der Waals surface area contributed by atoms with Gasteiger partial charge in [0.2, 0.25) is 0 Å². The highest BCUT2D eigenvalue weighted by Crippen LogP contribution is 2.39. The van der Waals surface area contributed by atoms with E-state index in [9.17, 15) is 5.11 Å². The summed E-state index contributed by atoms with van der Waals surface area (Å²) in [6.07, 6.45) is 0.847. The zero-order valence-corrected chi connectivity index (χ0v) is 15.6. The Bertz CT molecular complexity index is 771. The van der Waals surface area contributed by atoms with Crippen molar-refractivity contribution in [3.8, 4) is 17.2 Å². The van der Waals surface area contributed by atoms with E-state index in [4.69, 9.17) is 9.47 Å². The van der Waals surface area contributed by atoms with Gasteiger partial charge in [-0.1, -0.05) is 12.1 Å². The lowest BCUT2D eigenvalue weighted by Crippen LogP contribution is -2.17. The zero-order valence-electron chi connectivity index (χ0n) is 14.8. The minimum absolute atomic E-state index is 0. The van der Waals surface area contributed by atoms with Gasteiger partial charge >= 0.3 is 0 Å². The molecular formula is C20H24ClNO3. The van der Waals surface area contributed by atoms with Crippen LogP contribution < -0.4 is 9.47 Å². The Hall–Kier alpha value is -2.17. The molecule has 0 bridgehead atoms. The number of likely N-dealkylation sites (N-methyl/N-ethyl adjacent to an activating group) is 1. The number of fused-ring (bicyclic) bond motifs is 1. The second-order valence-corrected chi connectivity index (χ2v) is 6.23. The van der Waals surface area contributed by atoms with Crippen LogP contribution in [0.2, 0.25) is 0 Å². The van der Waals surface area contributed by atoms with E-state index in [2.05, 4.69) is 19.0 Å². The van der Waals surface area contributed by atoms with Crippen LogP contribution in [-0.4, -0.2) is 44.4 Å². The van der Waals surface area contributed by atoms with Gasteiger partial charge < -0.3 is 19.5 Å². The van der Waals surface area contributed by atoms with Crippen molar-refractivity contribution in [2.24, 2.45) is 0 Å². The molecule has 3 rings (SSSR count). The molecule has 0 spiro atoms. The van der Waals surface area contributed by atoms with E-state index in [1.807, 2.05) is 36.4 Å². The summed E-state index contributed by atoms with van der Waals surface area (Å²) in [6.45, 7) is 1.48. The first-order chi connectivity index (χ1) is 11.6. The highest BCUT2D eigenvalue weighted by Gasteiger charge is 2.21. The molecule has 25 heavy (non-hydrogen) atoms. The molecule has 0 saturated heterocycles. The number of aromatic hydroxyl groups is 1. The van der Waals surface area contributed by atoms with E-state index in [1.54, 1.807) is 13.2 Å². The van der Waals surface area contributed by atoms with Gasteiger partial charge in [0.25, 0.3) is 0 Å². The highest BCUT2D eigenvalue weighted by molar-refractivity contribution is 5.86. The summed E-state index contributed by atoms with van der Waals surface area (Å²) in [7, 11) is 5.78. The minimum Gasteiger partial charge on any atom is -0.508 e. The molecule has 2 aromatic rings. The quantitative estimate of drug-likeness (QED) is 0.894. The lowest BCUT2D eigenvalue weighted by atomic mass is 9.91. The van der Waals surface area contributed by atoms with Gasteiger partial charge in [-0.25, -0.2) is 0 Å². The molecule has 1 aliphatic heterocycles. The molecule has 0 aromatic heterocycles. The van der Waals surface area contributed by atoms with Crippen molar-refractivity contribution in [2.45, 2.75) is 6.42 Å². The number of hydrogen-bond donors (Lipinski definition) is 1. The van der Waals surface area contributed by atoms with Crippen LogP contribution in [-0.2, 0) is 0 Å². The fraction of sp³-hybridized carbons (Fsp3) is 0.300. The third kappa shape index (κ3) is 4.27. The number of ether oxygens (including phenoxy) is 2. The number of phenols is 1. The van der Waals surface area contributed by atoms with Gasteiger partial charge in [-0.05, 0) is 55.1 Å². The standard InChI is InChI=1S/C20H23NO3.ClH/c1-21(2)13-15-9-10-24-19-12-17(23-3)7-8-18(19)20(15)14-5-4-6-16(22)11-14;/h4-8,11-12,22H,9-10,13H2,1-3H3;1H. The van der Waals surface area contributed by atoms with Gasteiger partial charge in [0.15, 0.2) is 0 Å². The Balaban J connectivity index is 0.00000225. The number of hydrogen-bond acceptors (Lipinski definition) is 4. The van der Waals surface area contributed by atoms with Crippen molar-refractivity contribution in [3.05, 3.63) is 59.2 Å². The molecule has 1 heterocycles. The molecule has 0 fully saturated rings. The summed E-state index contributed by atoms with van der Waals surface area (Å²) < 4.78 is 11.3. The number of nitrogens with zero attached hydrogens (tertiary/aromatic N) is 1. The Labute approximate surface area is 155 Å². The molecule has 2 aromatic carbocycles. The van der Waals surface area contributed by atoms with Crippen LogP contribution in [0.1, 0.15) is 17.5 Å². The summed E-state index contributed by atoms with van der Waals surface area (Å²) in [5, 5.41) is 9.93. The lowest BCUT2D eigenvalue weighted by molar-refractivity contribution is 0.316. The lowest BCUT2D eigenvalue weighted by Gasteiger charge is -2.18. The van der Waals surface area contributed by atoms with Crippen molar-refractivity contribution >= 4 is 18.0 Å². The third-order valence-electron chi connectivity index (χ3n) is 4.11. The second kappa shape index (κ2) is 8.28. The van der Waals surface area contributed by atoms with Crippen LogP contribution in [0.15, 0.2) is 48.0 Å². The molecule has 0 amide bonds. The normalized spacial score (nSPS) is 13.6. The van der Waals surface area contributed by atoms with E-state index in [-0.39, 0.29) is 18.2 Å². The predicted octanol–water partition coefficient (Wildman–Crippen LogP) is 3.97. The fourth-order valence-electron chi connectivity index (χ4n) is 3.12. The Morgan fingerprint density at radius 1 is 1.16 bits per heavy atom. The van der Waals surface area contributed by atoms with E-state index >= 15 is 0 Å². The van der Waals surface area contributed by atoms with Gasteiger partial charge in [-0.2, -0.15) is 0 Å². The van der Waals surface area contributed by atoms with Gasteiger partial charge in [-0.15, -0.1) is 12.4 Å². The zero-order chi connectivity index (χ0) is 17.1. The number of benzene rings is 2. The van der Waals surface area contributed by atoms with E-state index in [0.29, 0.717) is 6.61 Å². The first-order valence-corrected chi connectivity index (χ1v) is 8.06. The van der Waals surface area contributed by atoms with Gasteiger partial charge in [0.05, 0.1) is 13.7 Å². The maximum Gasteiger partial charge on any atom is 0.130 e. The topological polar surface area (TPSA) is 41.9 Å². The van der Waals surface area contributed by atoms with E-state index in [1.165, 1.54) is 5.57 Å². The van der Waals surface area contributed by atoms with E-state index < -0.39 is 0 Å². The largest absolute Gasteiger partial charge is 0.508 e. The molecule has 1 aliphatic rings. The minimum atomic E-state index is 0. The van der Waals surface area contributed by atoms with Gasteiger partial charge in [0, 0.05) is 24.6 Å². The second-order valence-electron chi connectivity index (χ2n) is 6.23. The first kappa shape index (κ1) is 19.2. The predicted molar refractivity (Wildman–Crippen MR) is 103 cm³/mol. The highest BCUT2D eigenvalue weighted by atomic mass is 35.5. The van der Waals surface area contributed by atoms with Crippen LogP contribution in [0.3, 0.4) is 0 Å². The van der Waals surface area contributed by atoms with Gasteiger partial charge in [0.1, 0.15) is 17.2 Å². The Kier molecular flexibility index (Phi) is 6.34. The summed E-state index contributed by atoms with van der Waals surface area (Å²) in [5.74, 6) is 1.87. The number of rotatable bonds is 4. The molecule has 0 saturated carbocycles. The van der Waals surface area contributed by atoms with Gasteiger partial charge in [-0.3, -0.25) is 0 Å². The molecule has 1 N–H and O–H groups in total. The van der Waals surface area contributed by atoms with Crippen LogP contribution in [0.5, 0.6) is 17.2 Å². The Morgan fingerprint density at radius 3 is 2.64 bits per heavy atom. The maximum atomic E-state index is 9.93. The average Bonchev–Trinajstić information content (AvgIpc) is 2.72. The molecular weight excluding hydrogens is 338 g/mol. The van der Waals surface area contributed by atoms with Crippen molar-refractivity contribution in [1.82, 2.24) is 4.90 Å². The van der Waals surface area contributed by atoms with E-state index in [0.717, 1.165) is 41.2 Å². The molecule has 4 nitrogen and oxygen atoms in total. The number of methoxy groups -OCH3 is 1.